The van der Waals surface area contributed by atoms with E-state index in [-0.39, 0.29) is 12.1 Å². The van der Waals surface area contributed by atoms with Gasteiger partial charge in [-0.3, -0.25) is 9.79 Å². The van der Waals surface area contributed by atoms with Crippen molar-refractivity contribution < 1.29 is 23.7 Å². The van der Waals surface area contributed by atoms with Gasteiger partial charge in [0.25, 0.3) is 0 Å². The van der Waals surface area contributed by atoms with Crippen LogP contribution < -0.4 is 11.1 Å². The Kier molecular flexibility index (Phi) is 4.10. The lowest BCUT2D eigenvalue weighted by Gasteiger charge is -2.28. The van der Waals surface area contributed by atoms with E-state index in [9.17, 15) is 9.36 Å². The Bertz CT molecular complexity index is 279. The first kappa shape index (κ1) is 12.4. The minimum Gasteiger partial charge on any atom is -0.354 e. The van der Waals surface area contributed by atoms with Crippen LogP contribution in [0, 0.1) is 0 Å². The molecule has 0 aromatic carbocycles. The maximum Gasteiger partial charge on any atom is 0.528 e. The summed E-state index contributed by atoms with van der Waals surface area (Å²) >= 11 is 0. The molecule has 0 bridgehead atoms. The van der Waals surface area contributed by atoms with Crippen molar-refractivity contribution >= 4 is 13.9 Å². The van der Waals surface area contributed by atoms with Gasteiger partial charge in [0.15, 0.2) is 0 Å². The van der Waals surface area contributed by atoms with Gasteiger partial charge in [0.05, 0.1) is 0 Å². The van der Waals surface area contributed by atoms with Crippen molar-refractivity contribution in [3.63, 3.8) is 0 Å². The van der Waals surface area contributed by atoms with Crippen molar-refractivity contribution in [1.29, 1.82) is 0 Å². The predicted octanol–water partition coefficient (Wildman–Crippen LogP) is 0.0752. The largest absolute Gasteiger partial charge is 0.528 e. The Morgan fingerprint density at radius 2 is 2.00 bits per heavy atom. The SMILES string of the molecule is N[C@H]1CCCC[C@H]1NC(=O)OP(=O)(O)O. The van der Waals surface area contributed by atoms with Gasteiger partial charge in [-0.25, -0.2) is 9.36 Å². The number of carbonyl (C=O) groups excluding carboxylic acids is 1. The molecular formula is C7H15N2O5P. The summed E-state index contributed by atoms with van der Waals surface area (Å²) in [5.41, 5.74) is 5.73. The molecule has 0 unspecified atom stereocenters. The lowest BCUT2D eigenvalue weighted by Crippen LogP contribution is -2.49. The van der Waals surface area contributed by atoms with Crippen LogP contribution in [0.2, 0.25) is 0 Å². The fourth-order valence-electron chi connectivity index (χ4n) is 1.62. The lowest BCUT2D eigenvalue weighted by molar-refractivity contribution is 0.167. The third-order valence-corrected chi connectivity index (χ3v) is 2.73. The Morgan fingerprint density at radius 3 is 2.53 bits per heavy atom. The molecule has 1 fully saturated rings. The minimum absolute atomic E-state index is 0.178. The molecule has 1 aliphatic rings. The summed E-state index contributed by atoms with van der Waals surface area (Å²) in [6, 6.07) is -0.444. The number of hydrogen-bond acceptors (Lipinski definition) is 4. The first-order valence-corrected chi connectivity index (χ1v) is 6.23. The smallest absolute Gasteiger partial charge is 0.354 e. The lowest BCUT2D eigenvalue weighted by atomic mass is 9.91. The molecule has 0 heterocycles. The Morgan fingerprint density at radius 1 is 1.40 bits per heavy atom. The summed E-state index contributed by atoms with van der Waals surface area (Å²) in [5, 5.41) is 2.35. The predicted molar refractivity (Wildman–Crippen MR) is 51.9 cm³/mol. The first-order chi connectivity index (χ1) is 6.88. The minimum atomic E-state index is -4.76. The zero-order valence-corrected chi connectivity index (χ0v) is 9.02. The molecule has 1 aliphatic carbocycles. The Balaban J connectivity index is 2.40. The second-order valence-corrected chi connectivity index (χ2v) is 4.73. The summed E-state index contributed by atoms with van der Waals surface area (Å²) in [6.45, 7) is 0. The van der Waals surface area contributed by atoms with Gasteiger partial charge in [-0.15, -0.1) is 0 Å². The molecule has 5 N–H and O–H groups in total. The summed E-state index contributed by atoms with van der Waals surface area (Å²) < 4.78 is 14.2. The van der Waals surface area contributed by atoms with Crippen LogP contribution in [0.4, 0.5) is 4.79 Å². The molecule has 1 saturated carbocycles. The molecule has 0 saturated heterocycles. The van der Waals surface area contributed by atoms with E-state index in [0.29, 0.717) is 6.42 Å². The molecule has 15 heavy (non-hydrogen) atoms. The molecule has 0 spiro atoms. The molecule has 7 nitrogen and oxygen atoms in total. The quantitative estimate of drug-likeness (QED) is 0.505. The van der Waals surface area contributed by atoms with Gasteiger partial charge in [-0.2, -0.15) is 0 Å². The topological polar surface area (TPSA) is 122 Å². The zero-order chi connectivity index (χ0) is 11.5. The second kappa shape index (κ2) is 4.94. The van der Waals surface area contributed by atoms with Gasteiger partial charge in [0.1, 0.15) is 0 Å². The zero-order valence-electron chi connectivity index (χ0n) is 8.13. The van der Waals surface area contributed by atoms with Crippen molar-refractivity contribution in [3.8, 4) is 0 Å². The molecule has 2 atom stereocenters. The number of phosphoric ester groups is 1. The number of amides is 1. The molecular weight excluding hydrogens is 223 g/mol. The average Bonchev–Trinajstić information content (AvgIpc) is 2.05. The molecule has 88 valence electrons. The molecule has 0 aromatic rings. The normalized spacial score (nSPS) is 27.1. The van der Waals surface area contributed by atoms with Crippen LogP contribution in [-0.4, -0.2) is 28.0 Å². The summed E-state index contributed by atoms with van der Waals surface area (Å²) in [7, 11) is -4.76. The van der Waals surface area contributed by atoms with Gasteiger partial charge in [-0.1, -0.05) is 12.8 Å². The van der Waals surface area contributed by atoms with Crippen LogP contribution in [0.3, 0.4) is 0 Å². The van der Waals surface area contributed by atoms with Gasteiger partial charge in [0.2, 0.25) is 0 Å². The monoisotopic (exact) mass is 238 g/mol. The van der Waals surface area contributed by atoms with Crippen molar-refractivity contribution in [2.45, 2.75) is 37.8 Å². The highest BCUT2D eigenvalue weighted by atomic mass is 31.2. The van der Waals surface area contributed by atoms with E-state index in [0.717, 1.165) is 19.3 Å². The van der Waals surface area contributed by atoms with Crippen molar-refractivity contribution in [3.05, 3.63) is 0 Å². The number of hydrogen-bond donors (Lipinski definition) is 4. The number of rotatable bonds is 2. The van der Waals surface area contributed by atoms with E-state index in [1.54, 1.807) is 0 Å². The molecule has 0 aromatic heterocycles. The fraction of sp³-hybridized carbons (Fsp3) is 0.857. The third-order valence-electron chi connectivity index (χ3n) is 2.32. The number of nitrogens with one attached hydrogen (secondary N) is 1. The highest BCUT2D eigenvalue weighted by Gasteiger charge is 2.27. The van der Waals surface area contributed by atoms with E-state index < -0.39 is 13.9 Å². The van der Waals surface area contributed by atoms with Crippen LogP contribution in [0.25, 0.3) is 0 Å². The van der Waals surface area contributed by atoms with E-state index >= 15 is 0 Å². The van der Waals surface area contributed by atoms with Crippen LogP contribution in [0.15, 0.2) is 0 Å². The van der Waals surface area contributed by atoms with Gasteiger partial charge in [-0.05, 0) is 12.8 Å². The van der Waals surface area contributed by atoms with Crippen molar-refractivity contribution in [2.24, 2.45) is 5.73 Å². The van der Waals surface area contributed by atoms with E-state index in [4.69, 9.17) is 15.5 Å². The molecule has 1 rings (SSSR count). The fourth-order valence-corrected chi connectivity index (χ4v) is 1.89. The van der Waals surface area contributed by atoms with Crippen LogP contribution >= 0.6 is 7.82 Å². The number of phosphoric acid groups is 1. The van der Waals surface area contributed by atoms with Crippen molar-refractivity contribution in [1.82, 2.24) is 5.32 Å². The molecule has 0 radical (unpaired) electrons. The van der Waals surface area contributed by atoms with Gasteiger partial charge in [0, 0.05) is 12.1 Å². The van der Waals surface area contributed by atoms with Crippen molar-refractivity contribution in [2.75, 3.05) is 0 Å². The van der Waals surface area contributed by atoms with E-state index in [2.05, 4.69) is 9.84 Å². The highest BCUT2D eigenvalue weighted by molar-refractivity contribution is 7.46. The number of carbonyl (C=O) groups is 1. The van der Waals surface area contributed by atoms with E-state index in [1.165, 1.54) is 0 Å². The second-order valence-electron chi connectivity index (χ2n) is 3.57. The average molecular weight is 238 g/mol. The Hall–Kier alpha value is -0.620. The summed E-state index contributed by atoms with van der Waals surface area (Å²) in [5.74, 6) is 0. The van der Waals surface area contributed by atoms with Crippen LogP contribution in [0.5, 0.6) is 0 Å². The molecule has 0 aliphatic heterocycles. The number of nitrogens with two attached hydrogens (primary N) is 1. The maximum atomic E-state index is 11.0. The summed E-state index contributed by atoms with van der Waals surface area (Å²) in [6.07, 6.45) is 2.32. The van der Waals surface area contributed by atoms with Crippen LogP contribution in [-0.2, 0) is 9.09 Å². The highest BCUT2D eigenvalue weighted by Crippen LogP contribution is 2.35. The standard InChI is InChI=1S/C7H15N2O5P/c8-5-3-1-2-4-6(5)9-7(10)14-15(11,12)13/h5-6H,1-4,8H2,(H,9,10)(H2,11,12,13)/t5-,6+/m0/s1. The summed E-state index contributed by atoms with van der Waals surface area (Å²) in [4.78, 5) is 27.8. The van der Waals surface area contributed by atoms with Crippen LogP contribution in [0.1, 0.15) is 25.7 Å². The maximum absolute atomic E-state index is 11.0. The van der Waals surface area contributed by atoms with Gasteiger partial charge < -0.3 is 15.6 Å². The Labute approximate surface area is 87.2 Å². The third kappa shape index (κ3) is 4.61. The van der Waals surface area contributed by atoms with Gasteiger partial charge >= 0.3 is 13.9 Å². The van der Waals surface area contributed by atoms with E-state index in [1.807, 2.05) is 0 Å². The first-order valence-electron chi connectivity index (χ1n) is 4.70. The molecule has 1 amide bonds. The molecule has 8 heteroatoms.